The topological polar surface area (TPSA) is 87.2 Å². The highest BCUT2D eigenvalue weighted by molar-refractivity contribution is 5.94. The van der Waals surface area contributed by atoms with Crippen LogP contribution in [0.4, 0.5) is 0 Å². The monoisotopic (exact) mass is 353 g/mol. The van der Waals surface area contributed by atoms with Crippen molar-refractivity contribution >= 4 is 5.91 Å². The van der Waals surface area contributed by atoms with Crippen LogP contribution in [-0.2, 0) is 19.3 Å². The number of fused-ring (bicyclic) bond motifs is 2. The number of hydrogen-bond donors (Lipinski definition) is 3. The second-order valence-corrected chi connectivity index (χ2v) is 7.68. The third kappa shape index (κ3) is 2.60. The average Bonchev–Trinajstić information content (AvgIpc) is 3.31. The van der Waals surface area contributed by atoms with Gasteiger partial charge in [0.1, 0.15) is 5.75 Å². The molecule has 6 nitrogen and oxygen atoms in total. The van der Waals surface area contributed by atoms with Crippen molar-refractivity contribution in [2.24, 2.45) is 5.92 Å². The van der Waals surface area contributed by atoms with Crippen LogP contribution < -0.4 is 10.1 Å². The lowest BCUT2D eigenvalue weighted by atomic mass is 9.74. The fourth-order valence-corrected chi connectivity index (χ4v) is 4.49. The van der Waals surface area contributed by atoms with Crippen molar-refractivity contribution in [1.82, 2.24) is 15.5 Å². The quantitative estimate of drug-likeness (QED) is 0.785. The lowest BCUT2D eigenvalue weighted by molar-refractivity contribution is 0.0234. The van der Waals surface area contributed by atoms with E-state index in [0.717, 1.165) is 67.7 Å². The zero-order valence-corrected chi connectivity index (χ0v) is 14.6. The molecule has 1 atom stereocenters. The number of aromatic amines is 1. The van der Waals surface area contributed by atoms with Gasteiger partial charge >= 0.3 is 0 Å². The summed E-state index contributed by atoms with van der Waals surface area (Å²) in [5, 5.41) is 20.2. The number of carbonyl (C=O) groups excluding carboxylic acids is 1. The Labute approximate surface area is 152 Å². The smallest absolute Gasteiger partial charge is 0.272 e. The minimum absolute atomic E-state index is 0.106. The summed E-state index contributed by atoms with van der Waals surface area (Å²) in [7, 11) is 0. The molecule has 1 amide bonds. The summed E-state index contributed by atoms with van der Waals surface area (Å²) in [6.45, 7) is 0.720. The van der Waals surface area contributed by atoms with E-state index in [2.05, 4.69) is 21.6 Å². The largest absolute Gasteiger partial charge is 0.493 e. The number of aryl methyl sites for hydroxylation is 1. The molecule has 1 saturated carbocycles. The number of nitrogens with one attached hydrogen (secondary N) is 2. The first-order chi connectivity index (χ1) is 12.7. The Hall–Kier alpha value is -2.34. The standard InChI is InChI=1S/C20H23N3O3/c24-14-9-13(10-14)18(12-4-5-17-11(8-12)6-7-26-17)21-20(25)19-15-2-1-3-16(15)22-23-19/h4-5,8,13-14,18,24H,1-3,6-7,9-10H2,(H,21,25)(H,22,23)/t13?,14?,18-/m1/s1. The number of benzene rings is 1. The lowest BCUT2D eigenvalue weighted by Gasteiger charge is -2.38. The Balaban J connectivity index is 1.42. The van der Waals surface area contributed by atoms with E-state index in [9.17, 15) is 9.90 Å². The van der Waals surface area contributed by atoms with Gasteiger partial charge in [0.15, 0.2) is 5.69 Å². The predicted molar refractivity (Wildman–Crippen MR) is 95.2 cm³/mol. The highest BCUT2D eigenvalue weighted by Crippen LogP contribution is 2.40. The van der Waals surface area contributed by atoms with E-state index in [1.165, 1.54) is 5.56 Å². The zero-order chi connectivity index (χ0) is 17.7. The number of hydrogen-bond acceptors (Lipinski definition) is 4. The van der Waals surface area contributed by atoms with Crippen molar-refractivity contribution in [1.29, 1.82) is 0 Å². The SMILES string of the molecule is O=C(N[C@H](c1ccc2c(c1)CCO2)C1CC(O)C1)c1n[nH]c2c1CCC2. The maximum atomic E-state index is 12.9. The van der Waals surface area contributed by atoms with Crippen molar-refractivity contribution in [2.45, 2.75) is 50.7 Å². The summed E-state index contributed by atoms with van der Waals surface area (Å²) >= 11 is 0. The van der Waals surface area contributed by atoms with E-state index in [1.54, 1.807) is 0 Å². The van der Waals surface area contributed by atoms with Gasteiger partial charge in [-0.05, 0) is 61.3 Å². The van der Waals surface area contributed by atoms with Crippen molar-refractivity contribution < 1.29 is 14.6 Å². The maximum Gasteiger partial charge on any atom is 0.272 e. The summed E-state index contributed by atoms with van der Waals surface area (Å²) < 4.78 is 5.60. The molecule has 1 fully saturated rings. The molecule has 136 valence electrons. The molecular formula is C20H23N3O3. The van der Waals surface area contributed by atoms with Gasteiger partial charge in [0.25, 0.3) is 5.91 Å². The Bertz CT molecular complexity index is 854. The van der Waals surface area contributed by atoms with E-state index in [-0.39, 0.29) is 24.0 Å². The number of rotatable bonds is 4. The molecular weight excluding hydrogens is 330 g/mol. The van der Waals surface area contributed by atoms with Gasteiger partial charge in [-0.25, -0.2) is 0 Å². The van der Waals surface area contributed by atoms with Crippen LogP contribution >= 0.6 is 0 Å². The third-order valence-electron chi connectivity index (χ3n) is 6.00. The third-order valence-corrected chi connectivity index (χ3v) is 6.00. The molecule has 3 N–H and O–H groups in total. The number of amides is 1. The molecule has 0 radical (unpaired) electrons. The van der Waals surface area contributed by atoms with Gasteiger partial charge in [0.2, 0.25) is 0 Å². The van der Waals surface area contributed by atoms with Crippen LogP contribution in [0.3, 0.4) is 0 Å². The van der Waals surface area contributed by atoms with E-state index >= 15 is 0 Å². The van der Waals surface area contributed by atoms with Gasteiger partial charge in [0.05, 0.1) is 18.8 Å². The molecule has 6 heteroatoms. The van der Waals surface area contributed by atoms with Gasteiger partial charge in [-0.1, -0.05) is 6.07 Å². The number of carbonyl (C=O) groups is 1. The van der Waals surface area contributed by atoms with Crippen LogP contribution in [0.5, 0.6) is 5.75 Å². The Morgan fingerprint density at radius 1 is 1.31 bits per heavy atom. The normalized spacial score (nSPS) is 24.3. The van der Waals surface area contributed by atoms with Crippen LogP contribution in [0, 0.1) is 5.92 Å². The maximum absolute atomic E-state index is 12.9. The first-order valence-electron chi connectivity index (χ1n) is 9.49. The van der Waals surface area contributed by atoms with E-state index in [0.29, 0.717) is 5.69 Å². The average molecular weight is 353 g/mol. The summed E-state index contributed by atoms with van der Waals surface area (Å²) in [6.07, 6.45) is 5.05. The molecule has 2 heterocycles. The minimum Gasteiger partial charge on any atom is -0.493 e. The zero-order valence-electron chi connectivity index (χ0n) is 14.6. The van der Waals surface area contributed by atoms with Gasteiger partial charge in [-0.2, -0.15) is 5.10 Å². The Morgan fingerprint density at radius 3 is 3.04 bits per heavy atom. The van der Waals surface area contributed by atoms with Gasteiger partial charge < -0.3 is 15.2 Å². The molecule has 0 saturated heterocycles. The number of H-pyrrole nitrogens is 1. The summed E-state index contributed by atoms with van der Waals surface area (Å²) in [5.74, 6) is 1.08. The molecule has 1 aromatic heterocycles. The highest BCUT2D eigenvalue weighted by Gasteiger charge is 2.37. The lowest BCUT2D eigenvalue weighted by Crippen LogP contribution is -2.41. The van der Waals surface area contributed by atoms with E-state index in [4.69, 9.17) is 4.74 Å². The molecule has 5 rings (SSSR count). The molecule has 1 aliphatic heterocycles. The molecule has 26 heavy (non-hydrogen) atoms. The second-order valence-electron chi connectivity index (χ2n) is 7.68. The minimum atomic E-state index is -0.258. The second kappa shape index (κ2) is 6.13. The van der Waals surface area contributed by atoms with E-state index < -0.39 is 0 Å². The molecule has 0 unspecified atom stereocenters. The summed E-state index contributed by atoms with van der Waals surface area (Å²) in [4.78, 5) is 12.9. The number of aromatic nitrogens is 2. The number of nitrogens with zero attached hydrogens (tertiary/aromatic N) is 1. The number of ether oxygens (including phenoxy) is 1. The van der Waals surface area contributed by atoms with Crippen LogP contribution in [0.1, 0.15) is 58.2 Å². The predicted octanol–water partition coefficient (Wildman–Crippen LogP) is 2.08. The Morgan fingerprint density at radius 2 is 2.19 bits per heavy atom. The fraction of sp³-hybridized carbons (Fsp3) is 0.500. The van der Waals surface area contributed by atoms with Crippen molar-refractivity contribution in [3.8, 4) is 5.75 Å². The fourth-order valence-electron chi connectivity index (χ4n) is 4.49. The van der Waals surface area contributed by atoms with Crippen molar-refractivity contribution in [2.75, 3.05) is 6.61 Å². The Kier molecular flexibility index (Phi) is 3.74. The van der Waals surface area contributed by atoms with Gasteiger partial charge in [0, 0.05) is 17.7 Å². The van der Waals surface area contributed by atoms with Crippen LogP contribution in [-0.4, -0.2) is 33.9 Å². The first kappa shape index (κ1) is 15.9. The first-order valence-corrected chi connectivity index (χ1v) is 9.49. The molecule has 2 aromatic rings. The highest BCUT2D eigenvalue weighted by atomic mass is 16.5. The molecule has 0 bridgehead atoms. The molecule has 3 aliphatic rings. The van der Waals surface area contributed by atoms with Crippen LogP contribution in [0.25, 0.3) is 0 Å². The van der Waals surface area contributed by atoms with Crippen molar-refractivity contribution in [3.63, 3.8) is 0 Å². The summed E-state index contributed by atoms with van der Waals surface area (Å²) in [6, 6.07) is 6.07. The summed E-state index contributed by atoms with van der Waals surface area (Å²) in [5.41, 5.74) is 4.98. The molecule has 2 aliphatic carbocycles. The van der Waals surface area contributed by atoms with Gasteiger partial charge in [-0.3, -0.25) is 9.89 Å². The van der Waals surface area contributed by atoms with Crippen molar-refractivity contribution in [3.05, 3.63) is 46.3 Å². The number of aliphatic hydroxyl groups is 1. The van der Waals surface area contributed by atoms with Gasteiger partial charge in [-0.15, -0.1) is 0 Å². The van der Waals surface area contributed by atoms with Crippen LogP contribution in [0.15, 0.2) is 18.2 Å². The molecule has 0 spiro atoms. The van der Waals surface area contributed by atoms with E-state index in [1.807, 2.05) is 12.1 Å². The number of aliphatic hydroxyl groups excluding tert-OH is 1. The van der Waals surface area contributed by atoms with Crippen LogP contribution in [0.2, 0.25) is 0 Å². The molecule has 1 aromatic carbocycles.